The van der Waals surface area contributed by atoms with Crippen molar-refractivity contribution in [2.24, 2.45) is 0 Å². The highest BCUT2D eigenvalue weighted by molar-refractivity contribution is 7.09. The fourth-order valence-corrected chi connectivity index (χ4v) is 5.25. The van der Waals surface area contributed by atoms with Gasteiger partial charge in [0.05, 0.1) is 24.3 Å². The topological polar surface area (TPSA) is 104 Å². The van der Waals surface area contributed by atoms with E-state index >= 15 is 0 Å². The predicted molar refractivity (Wildman–Crippen MR) is 161 cm³/mol. The number of carbonyl (C=O) groups is 2. The molecule has 1 aromatic heterocycles. The molecule has 0 spiro atoms. The van der Waals surface area contributed by atoms with E-state index in [1.165, 1.54) is 46.6 Å². The van der Waals surface area contributed by atoms with Crippen molar-refractivity contribution in [1.82, 2.24) is 20.5 Å². The molecule has 8 nitrogen and oxygen atoms in total. The number of hydrogen-bond donors (Lipinski definition) is 3. The number of amides is 2. The Morgan fingerprint density at radius 2 is 1.72 bits per heavy atom. The molecular formula is C32H31F5N4O4S. The summed E-state index contributed by atoms with van der Waals surface area (Å²) < 4.78 is 72.1. The highest BCUT2D eigenvalue weighted by Gasteiger charge is 2.30. The third-order valence-corrected chi connectivity index (χ3v) is 7.69. The lowest BCUT2D eigenvalue weighted by atomic mass is 10.1. The summed E-state index contributed by atoms with van der Waals surface area (Å²) in [4.78, 5) is 32.2. The third kappa shape index (κ3) is 9.80. The van der Waals surface area contributed by atoms with Gasteiger partial charge in [-0.3, -0.25) is 9.59 Å². The van der Waals surface area contributed by atoms with Crippen molar-refractivity contribution in [2.75, 3.05) is 20.2 Å². The number of aliphatic hydroxyl groups excluding tert-OH is 1. The maximum atomic E-state index is 13.7. The van der Waals surface area contributed by atoms with Gasteiger partial charge in [0.2, 0.25) is 0 Å². The van der Waals surface area contributed by atoms with E-state index in [0.717, 1.165) is 35.0 Å². The maximum Gasteiger partial charge on any atom is 0.416 e. The smallest absolute Gasteiger partial charge is 0.416 e. The molecule has 46 heavy (non-hydrogen) atoms. The van der Waals surface area contributed by atoms with Gasteiger partial charge in [0, 0.05) is 60.5 Å². The summed E-state index contributed by atoms with van der Waals surface area (Å²) in [6.45, 7) is 1.47. The largest absolute Gasteiger partial charge is 0.491 e. The summed E-state index contributed by atoms with van der Waals surface area (Å²) >= 11 is 1.42. The van der Waals surface area contributed by atoms with Crippen LogP contribution >= 0.6 is 11.3 Å². The zero-order valence-corrected chi connectivity index (χ0v) is 25.6. The van der Waals surface area contributed by atoms with Gasteiger partial charge in [-0.2, -0.15) is 13.2 Å². The second kappa shape index (κ2) is 15.3. The molecule has 0 unspecified atom stereocenters. The number of aryl methyl sites for hydroxylation is 1. The van der Waals surface area contributed by atoms with E-state index in [4.69, 9.17) is 4.74 Å². The van der Waals surface area contributed by atoms with E-state index in [0.29, 0.717) is 11.6 Å². The minimum Gasteiger partial charge on any atom is -0.491 e. The van der Waals surface area contributed by atoms with Crippen molar-refractivity contribution >= 4 is 23.2 Å². The molecule has 0 fully saturated rings. The summed E-state index contributed by atoms with van der Waals surface area (Å²) in [5.41, 5.74) is 0.655. The van der Waals surface area contributed by atoms with Crippen LogP contribution in [0.4, 0.5) is 22.0 Å². The first-order chi connectivity index (χ1) is 21.8. The van der Waals surface area contributed by atoms with Crippen LogP contribution in [0.25, 0.3) is 0 Å². The van der Waals surface area contributed by atoms with Crippen LogP contribution in [0.2, 0.25) is 0 Å². The fourth-order valence-electron chi connectivity index (χ4n) is 4.43. The molecule has 244 valence electrons. The number of thiazole rings is 1. The van der Waals surface area contributed by atoms with E-state index < -0.39 is 48.0 Å². The van der Waals surface area contributed by atoms with Gasteiger partial charge >= 0.3 is 6.18 Å². The van der Waals surface area contributed by atoms with Gasteiger partial charge in [0.25, 0.3) is 11.8 Å². The minimum absolute atomic E-state index is 0.0319. The van der Waals surface area contributed by atoms with E-state index in [1.54, 1.807) is 13.1 Å². The van der Waals surface area contributed by atoms with Crippen LogP contribution in [-0.2, 0) is 19.3 Å². The Morgan fingerprint density at radius 1 is 1.02 bits per heavy atom. The number of nitrogens with zero attached hydrogens (tertiary/aromatic N) is 2. The second-order valence-corrected chi connectivity index (χ2v) is 11.5. The Labute approximate surface area is 265 Å². The Balaban J connectivity index is 1.45. The Bertz CT molecular complexity index is 1650. The van der Waals surface area contributed by atoms with E-state index in [-0.39, 0.29) is 42.4 Å². The zero-order chi connectivity index (χ0) is 33.4. The number of ether oxygens (including phenoxy) is 1. The Kier molecular flexibility index (Phi) is 11.4. The van der Waals surface area contributed by atoms with Crippen molar-refractivity contribution in [1.29, 1.82) is 0 Å². The lowest BCUT2D eigenvalue weighted by molar-refractivity contribution is -0.137. The van der Waals surface area contributed by atoms with Crippen LogP contribution in [-0.4, -0.2) is 59.1 Å². The number of aromatic nitrogens is 1. The Morgan fingerprint density at radius 3 is 2.39 bits per heavy atom. The van der Waals surface area contributed by atoms with Crippen molar-refractivity contribution in [2.45, 2.75) is 38.3 Å². The normalized spacial score (nSPS) is 12.8. The van der Waals surface area contributed by atoms with Gasteiger partial charge < -0.3 is 25.4 Å². The highest BCUT2D eigenvalue weighted by atomic mass is 32.1. The van der Waals surface area contributed by atoms with Crippen LogP contribution in [0.3, 0.4) is 0 Å². The minimum atomic E-state index is -4.52. The number of carbonyl (C=O) groups excluding carboxylic acids is 2. The van der Waals surface area contributed by atoms with Crippen molar-refractivity contribution in [3.63, 3.8) is 0 Å². The van der Waals surface area contributed by atoms with Gasteiger partial charge in [-0.15, -0.1) is 11.3 Å². The van der Waals surface area contributed by atoms with Crippen molar-refractivity contribution < 1.29 is 41.4 Å². The number of halogens is 5. The quantitative estimate of drug-likeness (QED) is 0.167. The highest BCUT2D eigenvalue weighted by Crippen LogP contribution is 2.29. The maximum absolute atomic E-state index is 13.7. The van der Waals surface area contributed by atoms with Gasteiger partial charge in [0.1, 0.15) is 29.0 Å². The lowest BCUT2D eigenvalue weighted by Gasteiger charge is -2.25. The molecule has 0 aliphatic rings. The average molecular weight is 663 g/mol. The van der Waals surface area contributed by atoms with Crippen molar-refractivity contribution in [3.05, 3.63) is 117 Å². The predicted octanol–water partition coefficient (Wildman–Crippen LogP) is 5.35. The zero-order valence-electron chi connectivity index (χ0n) is 24.8. The van der Waals surface area contributed by atoms with Crippen LogP contribution in [0.5, 0.6) is 5.75 Å². The van der Waals surface area contributed by atoms with Crippen LogP contribution < -0.4 is 15.4 Å². The van der Waals surface area contributed by atoms with Gasteiger partial charge in [0.15, 0.2) is 0 Å². The molecule has 3 aromatic carbocycles. The van der Waals surface area contributed by atoms with Gasteiger partial charge in [-0.05, 0) is 36.8 Å². The summed E-state index contributed by atoms with van der Waals surface area (Å²) in [7, 11) is 1.61. The number of alkyl halides is 3. The summed E-state index contributed by atoms with van der Waals surface area (Å²) in [6.07, 6.45) is -5.87. The average Bonchev–Trinajstić information content (AvgIpc) is 3.42. The molecule has 0 aliphatic carbocycles. The number of hydrogen-bond acceptors (Lipinski definition) is 7. The first kappa shape index (κ1) is 34.5. The van der Waals surface area contributed by atoms with Crippen molar-refractivity contribution in [3.8, 4) is 5.75 Å². The molecule has 2 amide bonds. The van der Waals surface area contributed by atoms with Gasteiger partial charge in [-0.25, -0.2) is 13.8 Å². The summed E-state index contributed by atoms with van der Waals surface area (Å²) in [5, 5.41) is 19.1. The lowest BCUT2D eigenvalue weighted by Crippen LogP contribution is -2.50. The first-order valence-corrected chi connectivity index (χ1v) is 14.9. The van der Waals surface area contributed by atoms with E-state index in [9.17, 15) is 36.6 Å². The van der Waals surface area contributed by atoms with E-state index in [2.05, 4.69) is 15.6 Å². The monoisotopic (exact) mass is 662 g/mol. The first-order valence-electron chi connectivity index (χ1n) is 14.0. The molecule has 0 radical (unpaired) electrons. The molecule has 0 saturated heterocycles. The molecule has 2 atom stereocenters. The molecular weight excluding hydrogens is 631 g/mol. The fraction of sp³-hybridized carbons (Fsp3) is 0.281. The number of benzene rings is 3. The molecule has 4 rings (SSSR count). The molecule has 0 bridgehead atoms. The molecule has 0 aliphatic heterocycles. The van der Waals surface area contributed by atoms with Gasteiger partial charge in [-0.1, -0.05) is 24.3 Å². The summed E-state index contributed by atoms with van der Waals surface area (Å²) in [6, 6.07) is 12.0. The number of rotatable bonds is 13. The number of aliphatic hydroxyl groups is 1. The molecule has 3 N–H and O–H groups in total. The Hall–Kier alpha value is -4.40. The van der Waals surface area contributed by atoms with E-state index in [1.807, 2.05) is 12.3 Å². The molecule has 0 saturated carbocycles. The van der Waals surface area contributed by atoms with Crippen LogP contribution in [0.15, 0.2) is 72.1 Å². The second-order valence-electron chi connectivity index (χ2n) is 10.5. The number of nitrogens with one attached hydrogen (secondary N) is 2. The molecule has 14 heteroatoms. The SMILES string of the molecule is Cc1csc(CN(C)C(=O)c2cccc(C(=O)N[C@@H](COc3cc(F)cc(F)c3)[C@H](O)CNCc3cccc(C(F)(F)F)c3)c2)n1. The standard InChI is InChI=1S/C32H31F5N4O4S/c1-19-18-46-29(39-19)16-41(2)31(44)22-7-4-6-21(10-22)30(43)40-27(17-45-26-12-24(33)11-25(34)13-26)28(42)15-38-14-20-5-3-8-23(9-20)32(35,36)37/h3-13,18,27-28,38,42H,14-17H2,1-2H3,(H,40,43)/t27-,28+/m0/s1. The summed E-state index contributed by atoms with van der Waals surface area (Å²) in [5.74, 6) is -3.00. The van der Waals surface area contributed by atoms with Crippen LogP contribution in [0.1, 0.15) is 42.5 Å². The molecule has 1 heterocycles. The third-order valence-electron chi connectivity index (χ3n) is 6.74. The molecule has 4 aromatic rings. The van der Waals surface area contributed by atoms with Crippen LogP contribution in [0, 0.1) is 18.6 Å².